The summed E-state index contributed by atoms with van der Waals surface area (Å²) in [6, 6.07) is 0. The highest BCUT2D eigenvalue weighted by molar-refractivity contribution is 7.05. The Hall–Kier alpha value is -0.480. The van der Waals surface area contributed by atoms with Crippen molar-refractivity contribution in [3.05, 3.63) is 10.6 Å². The quantitative estimate of drug-likeness (QED) is 0.791. The van der Waals surface area contributed by atoms with Gasteiger partial charge in [-0.15, -0.1) is 5.10 Å². The average molecular weight is 198 g/mol. The summed E-state index contributed by atoms with van der Waals surface area (Å²) in [5, 5.41) is 13.9. The fraction of sp³-hybridized carbons (Fsp3) is 0.778. The summed E-state index contributed by atoms with van der Waals surface area (Å²) in [6.45, 7) is 1.91. The number of aliphatic hydroxyl groups is 1. The van der Waals surface area contributed by atoms with Gasteiger partial charge in [-0.3, -0.25) is 0 Å². The van der Waals surface area contributed by atoms with Crippen molar-refractivity contribution in [1.29, 1.82) is 0 Å². The summed E-state index contributed by atoms with van der Waals surface area (Å²) in [5.74, 6) is 0.445. The summed E-state index contributed by atoms with van der Waals surface area (Å²) in [7, 11) is 0. The van der Waals surface area contributed by atoms with Crippen molar-refractivity contribution in [3.63, 3.8) is 0 Å². The van der Waals surface area contributed by atoms with Crippen LogP contribution in [0.4, 0.5) is 0 Å². The molecule has 1 fully saturated rings. The van der Waals surface area contributed by atoms with Gasteiger partial charge in [0, 0.05) is 0 Å². The summed E-state index contributed by atoms with van der Waals surface area (Å²) in [5.41, 5.74) is 0.893. The van der Waals surface area contributed by atoms with Crippen molar-refractivity contribution >= 4 is 11.5 Å². The minimum atomic E-state index is -0.317. The molecule has 1 heterocycles. The minimum absolute atomic E-state index is 0.317. The molecule has 1 N–H and O–H groups in total. The standard InChI is InChI=1S/C9H14N2OS/c1-6-9(13-11-10-6)8(12)7-4-2-3-5-7/h7-8,12H,2-5H2,1H3. The Morgan fingerprint density at radius 2 is 2.15 bits per heavy atom. The second-order valence-electron chi connectivity index (χ2n) is 3.71. The van der Waals surface area contributed by atoms with E-state index in [-0.39, 0.29) is 6.10 Å². The van der Waals surface area contributed by atoms with Gasteiger partial charge in [-0.1, -0.05) is 17.3 Å². The van der Waals surface area contributed by atoms with E-state index < -0.39 is 0 Å². The lowest BCUT2D eigenvalue weighted by Gasteiger charge is -2.15. The summed E-state index contributed by atoms with van der Waals surface area (Å²) >= 11 is 1.33. The van der Waals surface area contributed by atoms with Crippen molar-refractivity contribution in [2.75, 3.05) is 0 Å². The molecule has 0 aliphatic heterocycles. The van der Waals surface area contributed by atoms with Gasteiger partial charge in [-0.2, -0.15) is 0 Å². The lowest BCUT2D eigenvalue weighted by atomic mass is 9.99. The van der Waals surface area contributed by atoms with Crippen molar-refractivity contribution in [1.82, 2.24) is 9.59 Å². The van der Waals surface area contributed by atoms with E-state index in [0.717, 1.165) is 23.4 Å². The summed E-state index contributed by atoms with van der Waals surface area (Å²) in [4.78, 5) is 0.965. The Morgan fingerprint density at radius 1 is 1.46 bits per heavy atom. The number of rotatable bonds is 2. The first-order valence-corrected chi connectivity index (χ1v) is 5.53. The van der Waals surface area contributed by atoms with Gasteiger partial charge in [0.25, 0.3) is 0 Å². The van der Waals surface area contributed by atoms with Crippen LogP contribution in [0.1, 0.15) is 42.4 Å². The fourth-order valence-corrected chi connectivity index (χ4v) is 2.72. The SMILES string of the molecule is Cc1nnsc1C(O)C1CCCC1. The molecule has 72 valence electrons. The Labute approximate surface area is 82.0 Å². The molecule has 1 atom stereocenters. The monoisotopic (exact) mass is 198 g/mol. The van der Waals surface area contributed by atoms with Crippen molar-refractivity contribution in [2.24, 2.45) is 5.92 Å². The summed E-state index contributed by atoms with van der Waals surface area (Å²) < 4.78 is 3.85. The fourth-order valence-electron chi connectivity index (χ4n) is 2.00. The van der Waals surface area contributed by atoms with E-state index in [2.05, 4.69) is 9.59 Å². The maximum atomic E-state index is 10.0. The smallest absolute Gasteiger partial charge is 0.0945 e. The molecule has 1 aliphatic carbocycles. The maximum absolute atomic E-state index is 10.0. The average Bonchev–Trinajstić information content (AvgIpc) is 2.72. The highest BCUT2D eigenvalue weighted by Gasteiger charge is 2.27. The lowest BCUT2D eigenvalue weighted by Crippen LogP contribution is -2.08. The number of hydrogen-bond donors (Lipinski definition) is 1. The molecule has 0 saturated heterocycles. The molecule has 0 aromatic carbocycles. The first kappa shape index (κ1) is 9.09. The predicted octanol–water partition coefficient (Wildman–Crippen LogP) is 2.07. The van der Waals surface area contributed by atoms with Crippen LogP contribution in [0.15, 0.2) is 0 Å². The van der Waals surface area contributed by atoms with Gasteiger partial charge in [0.1, 0.15) is 0 Å². The van der Waals surface area contributed by atoms with Gasteiger partial charge in [-0.05, 0) is 37.2 Å². The normalized spacial score (nSPS) is 20.8. The highest BCUT2D eigenvalue weighted by Crippen LogP contribution is 2.37. The van der Waals surface area contributed by atoms with Crippen LogP contribution in [-0.4, -0.2) is 14.7 Å². The van der Waals surface area contributed by atoms with E-state index in [0.29, 0.717) is 5.92 Å². The maximum Gasteiger partial charge on any atom is 0.0945 e. The molecule has 4 heteroatoms. The predicted molar refractivity (Wildman–Crippen MR) is 51.6 cm³/mol. The van der Waals surface area contributed by atoms with Crippen LogP contribution in [0.3, 0.4) is 0 Å². The van der Waals surface area contributed by atoms with E-state index >= 15 is 0 Å². The number of hydrogen-bond acceptors (Lipinski definition) is 4. The van der Waals surface area contributed by atoms with E-state index in [1.807, 2.05) is 6.92 Å². The lowest BCUT2D eigenvalue weighted by molar-refractivity contribution is 0.114. The zero-order chi connectivity index (χ0) is 9.26. The van der Waals surface area contributed by atoms with Gasteiger partial charge in [-0.25, -0.2) is 0 Å². The van der Waals surface area contributed by atoms with E-state index in [1.54, 1.807) is 0 Å². The molecule has 1 unspecified atom stereocenters. The number of nitrogens with zero attached hydrogens (tertiary/aromatic N) is 2. The molecule has 2 rings (SSSR count). The largest absolute Gasteiger partial charge is 0.387 e. The number of aromatic nitrogens is 2. The first-order valence-electron chi connectivity index (χ1n) is 4.76. The van der Waals surface area contributed by atoms with E-state index in [4.69, 9.17) is 0 Å². The molecule has 1 aromatic heterocycles. The van der Waals surface area contributed by atoms with Crippen molar-refractivity contribution in [3.8, 4) is 0 Å². The van der Waals surface area contributed by atoms with Crippen LogP contribution >= 0.6 is 11.5 Å². The molecule has 0 amide bonds. The van der Waals surface area contributed by atoms with Crippen LogP contribution in [0.5, 0.6) is 0 Å². The topological polar surface area (TPSA) is 46.0 Å². The zero-order valence-electron chi connectivity index (χ0n) is 7.73. The second kappa shape index (κ2) is 3.72. The van der Waals surface area contributed by atoms with Crippen LogP contribution < -0.4 is 0 Å². The Balaban J connectivity index is 2.12. The van der Waals surface area contributed by atoms with Crippen LogP contribution in [-0.2, 0) is 0 Å². The Morgan fingerprint density at radius 3 is 2.69 bits per heavy atom. The first-order chi connectivity index (χ1) is 6.29. The number of aryl methyl sites for hydroxylation is 1. The second-order valence-corrected chi connectivity index (χ2v) is 4.50. The molecule has 1 aromatic rings. The third-order valence-electron chi connectivity index (χ3n) is 2.80. The van der Waals surface area contributed by atoms with Crippen LogP contribution in [0, 0.1) is 12.8 Å². The van der Waals surface area contributed by atoms with Crippen LogP contribution in [0.2, 0.25) is 0 Å². The molecule has 0 radical (unpaired) electrons. The molecule has 1 saturated carbocycles. The Bertz CT molecular complexity index is 281. The third kappa shape index (κ3) is 1.74. The van der Waals surface area contributed by atoms with E-state index in [9.17, 15) is 5.11 Å². The van der Waals surface area contributed by atoms with Gasteiger partial charge in [0.05, 0.1) is 16.7 Å². The molecule has 1 aliphatic rings. The van der Waals surface area contributed by atoms with Crippen molar-refractivity contribution in [2.45, 2.75) is 38.7 Å². The molecular weight excluding hydrogens is 184 g/mol. The molecule has 13 heavy (non-hydrogen) atoms. The van der Waals surface area contributed by atoms with Crippen molar-refractivity contribution < 1.29 is 5.11 Å². The molecule has 3 nitrogen and oxygen atoms in total. The van der Waals surface area contributed by atoms with Gasteiger partial charge in [0.2, 0.25) is 0 Å². The summed E-state index contributed by atoms with van der Waals surface area (Å²) in [6.07, 6.45) is 4.50. The minimum Gasteiger partial charge on any atom is -0.387 e. The highest BCUT2D eigenvalue weighted by atomic mass is 32.1. The van der Waals surface area contributed by atoms with Crippen LogP contribution in [0.25, 0.3) is 0 Å². The molecule has 0 spiro atoms. The van der Waals surface area contributed by atoms with Gasteiger partial charge >= 0.3 is 0 Å². The third-order valence-corrected chi connectivity index (χ3v) is 3.70. The molecular formula is C9H14N2OS. The van der Waals surface area contributed by atoms with E-state index in [1.165, 1.54) is 24.4 Å². The molecule has 0 bridgehead atoms. The number of aliphatic hydroxyl groups excluding tert-OH is 1. The van der Waals surface area contributed by atoms with Gasteiger partial charge in [0.15, 0.2) is 0 Å². The van der Waals surface area contributed by atoms with Gasteiger partial charge < -0.3 is 5.11 Å². The zero-order valence-corrected chi connectivity index (χ0v) is 8.55. The Kier molecular flexibility index (Phi) is 2.60.